The highest BCUT2D eigenvalue weighted by molar-refractivity contribution is 6.15. The van der Waals surface area contributed by atoms with Crippen LogP contribution in [0.15, 0.2) is 42.2 Å². The molecule has 0 aliphatic carbocycles. The zero-order valence-electron chi connectivity index (χ0n) is 16.6. The Labute approximate surface area is 174 Å². The van der Waals surface area contributed by atoms with Gasteiger partial charge in [0.05, 0.1) is 24.3 Å². The third kappa shape index (κ3) is 3.84. The Kier molecular flexibility index (Phi) is 5.25. The molecule has 7 heteroatoms. The number of benzene rings is 2. The van der Waals surface area contributed by atoms with Crippen LogP contribution in [0.25, 0.3) is 6.08 Å². The van der Waals surface area contributed by atoms with Crippen LogP contribution in [-0.4, -0.2) is 61.7 Å². The molecule has 3 aliphatic rings. The van der Waals surface area contributed by atoms with E-state index in [0.29, 0.717) is 30.2 Å². The molecule has 156 valence electrons. The second-order valence-electron chi connectivity index (χ2n) is 7.69. The molecule has 1 fully saturated rings. The first-order chi connectivity index (χ1) is 14.7. The van der Waals surface area contributed by atoms with Crippen molar-refractivity contribution in [2.75, 3.05) is 46.1 Å². The predicted molar refractivity (Wildman–Crippen MR) is 109 cm³/mol. The molecule has 5 rings (SSSR count). The highest BCUT2D eigenvalue weighted by atomic mass is 19.1. The number of morpholine rings is 1. The molecule has 1 saturated heterocycles. The lowest BCUT2D eigenvalue weighted by Gasteiger charge is -2.33. The number of hydrogen-bond acceptors (Lipinski definition) is 6. The van der Waals surface area contributed by atoms with Crippen molar-refractivity contribution >= 4 is 11.9 Å². The number of allylic oxidation sites excluding steroid dienone is 1. The fraction of sp³-hybridized carbons (Fsp3) is 0.348. The zero-order valence-corrected chi connectivity index (χ0v) is 16.6. The van der Waals surface area contributed by atoms with Crippen molar-refractivity contribution in [1.82, 2.24) is 9.80 Å². The molecule has 30 heavy (non-hydrogen) atoms. The van der Waals surface area contributed by atoms with E-state index in [2.05, 4.69) is 9.80 Å². The summed E-state index contributed by atoms with van der Waals surface area (Å²) in [4.78, 5) is 17.4. The molecule has 2 aromatic carbocycles. The van der Waals surface area contributed by atoms with Crippen LogP contribution >= 0.6 is 0 Å². The molecule has 0 saturated carbocycles. The van der Waals surface area contributed by atoms with Crippen LogP contribution in [0.3, 0.4) is 0 Å². The Morgan fingerprint density at radius 1 is 1.07 bits per heavy atom. The fourth-order valence-electron chi connectivity index (χ4n) is 4.00. The molecule has 0 radical (unpaired) electrons. The molecule has 0 amide bonds. The van der Waals surface area contributed by atoms with Gasteiger partial charge in [0.25, 0.3) is 0 Å². The molecule has 3 heterocycles. The normalized spacial score (nSPS) is 20.6. The number of rotatable bonds is 4. The number of nitrogens with zero attached hydrogens (tertiary/aromatic N) is 2. The Morgan fingerprint density at radius 2 is 1.90 bits per heavy atom. The molecular weight excluding hydrogens is 387 g/mol. The van der Waals surface area contributed by atoms with Crippen molar-refractivity contribution in [3.63, 3.8) is 0 Å². The van der Waals surface area contributed by atoms with E-state index in [-0.39, 0.29) is 17.4 Å². The lowest BCUT2D eigenvalue weighted by Crippen LogP contribution is -2.43. The van der Waals surface area contributed by atoms with Crippen molar-refractivity contribution < 1.29 is 23.4 Å². The molecule has 0 bridgehead atoms. The summed E-state index contributed by atoms with van der Waals surface area (Å²) >= 11 is 0. The van der Waals surface area contributed by atoms with Gasteiger partial charge in [0, 0.05) is 32.7 Å². The molecule has 0 spiro atoms. The van der Waals surface area contributed by atoms with Gasteiger partial charge in [0.2, 0.25) is 5.78 Å². The molecule has 0 aromatic heterocycles. The largest absolute Gasteiger partial charge is 0.478 e. The molecule has 6 nitrogen and oxygen atoms in total. The van der Waals surface area contributed by atoms with Gasteiger partial charge < -0.3 is 14.2 Å². The molecule has 3 aliphatic heterocycles. The van der Waals surface area contributed by atoms with Crippen molar-refractivity contribution in [1.29, 1.82) is 0 Å². The van der Waals surface area contributed by atoms with E-state index >= 15 is 0 Å². The lowest BCUT2D eigenvalue weighted by atomic mass is 10.0. The van der Waals surface area contributed by atoms with Gasteiger partial charge in [-0.2, -0.15) is 0 Å². The first-order valence-electron chi connectivity index (χ1n) is 10.2. The Balaban J connectivity index is 1.34. The molecule has 0 N–H and O–H groups in total. The van der Waals surface area contributed by atoms with Crippen molar-refractivity contribution in [3.8, 4) is 11.5 Å². The van der Waals surface area contributed by atoms with Crippen LogP contribution in [0.4, 0.5) is 4.39 Å². The standard InChI is InChI=1S/C23H23FN2O4/c24-17-3-1-2-16(12-17)13-21-22(27)18-4-5-20-19(23(18)30-21)14-26(15-29-20)7-6-25-8-10-28-11-9-25/h1-5,12-13H,6-11,14-15H2/b21-13-. The van der Waals surface area contributed by atoms with Crippen LogP contribution in [0, 0.1) is 5.82 Å². The monoisotopic (exact) mass is 410 g/mol. The number of ether oxygens (including phenoxy) is 3. The number of halogens is 1. The van der Waals surface area contributed by atoms with E-state index in [4.69, 9.17) is 14.2 Å². The first-order valence-corrected chi connectivity index (χ1v) is 10.2. The second-order valence-corrected chi connectivity index (χ2v) is 7.69. The van der Waals surface area contributed by atoms with Gasteiger partial charge in [-0.05, 0) is 35.9 Å². The number of hydrogen-bond donors (Lipinski definition) is 0. The second kappa shape index (κ2) is 8.18. The van der Waals surface area contributed by atoms with E-state index in [9.17, 15) is 9.18 Å². The zero-order chi connectivity index (χ0) is 20.5. The summed E-state index contributed by atoms with van der Waals surface area (Å²) in [5.74, 6) is 0.957. The quantitative estimate of drug-likeness (QED) is 0.723. The maximum atomic E-state index is 13.5. The SMILES string of the molecule is O=C1/C(=C/c2cccc(F)c2)Oc2c1ccc1c2CN(CCN2CCOCC2)CO1. The predicted octanol–water partition coefficient (Wildman–Crippen LogP) is 2.93. The smallest absolute Gasteiger partial charge is 0.231 e. The minimum absolute atomic E-state index is 0.192. The fourth-order valence-corrected chi connectivity index (χ4v) is 4.00. The molecule has 0 atom stereocenters. The highest BCUT2D eigenvalue weighted by Gasteiger charge is 2.33. The number of Topliss-reactive ketones (excluding diaryl/α,β-unsaturated/α-hetero) is 1. The summed E-state index contributed by atoms with van der Waals surface area (Å²) in [6, 6.07) is 9.66. The van der Waals surface area contributed by atoms with Crippen molar-refractivity contribution in [3.05, 3.63) is 64.7 Å². The van der Waals surface area contributed by atoms with Gasteiger partial charge in [0.1, 0.15) is 24.0 Å². The Morgan fingerprint density at radius 3 is 2.73 bits per heavy atom. The van der Waals surface area contributed by atoms with Crippen LogP contribution < -0.4 is 9.47 Å². The van der Waals surface area contributed by atoms with Crippen molar-refractivity contribution in [2.45, 2.75) is 6.54 Å². The summed E-state index contributed by atoms with van der Waals surface area (Å²) in [7, 11) is 0. The number of carbonyl (C=O) groups excluding carboxylic acids is 1. The average Bonchev–Trinajstić information content (AvgIpc) is 3.09. The Hall–Kier alpha value is -2.74. The van der Waals surface area contributed by atoms with E-state index in [1.807, 2.05) is 6.07 Å². The third-order valence-electron chi connectivity index (χ3n) is 5.66. The molecular formula is C23H23FN2O4. The van der Waals surface area contributed by atoms with Crippen LogP contribution in [0.1, 0.15) is 21.5 Å². The third-order valence-corrected chi connectivity index (χ3v) is 5.66. The van der Waals surface area contributed by atoms with Gasteiger partial charge in [-0.3, -0.25) is 14.6 Å². The number of ketones is 1. The maximum Gasteiger partial charge on any atom is 0.231 e. The van der Waals surface area contributed by atoms with E-state index in [1.165, 1.54) is 12.1 Å². The van der Waals surface area contributed by atoms with Gasteiger partial charge in [-0.15, -0.1) is 0 Å². The van der Waals surface area contributed by atoms with Gasteiger partial charge in [-0.25, -0.2) is 4.39 Å². The van der Waals surface area contributed by atoms with Gasteiger partial charge >= 0.3 is 0 Å². The van der Waals surface area contributed by atoms with Crippen LogP contribution in [0.2, 0.25) is 0 Å². The van der Waals surface area contributed by atoms with E-state index in [1.54, 1.807) is 24.3 Å². The summed E-state index contributed by atoms with van der Waals surface area (Å²) in [5, 5.41) is 0. The molecule has 0 unspecified atom stereocenters. The van der Waals surface area contributed by atoms with E-state index < -0.39 is 0 Å². The topological polar surface area (TPSA) is 51.2 Å². The summed E-state index contributed by atoms with van der Waals surface area (Å²) in [6.45, 7) is 6.44. The average molecular weight is 410 g/mol. The van der Waals surface area contributed by atoms with Crippen molar-refractivity contribution in [2.24, 2.45) is 0 Å². The van der Waals surface area contributed by atoms with Crippen LogP contribution in [0.5, 0.6) is 11.5 Å². The van der Waals surface area contributed by atoms with Gasteiger partial charge in [-0.1, -0.05) is 12.1 Å². The number of fused-ring (bicyclic) bond motifs is 3. The summed E-state index contributed by atoms with van der Waals surface area (Å²) in [6.07, 6.45) is 1.58. The van der Waals surface area contributed by atoms with Gasteiger partial charge in [0.15, 0.2) is 5.76 Å². The minimum Gasteiger partial charge on any atom is -0.478 e. The lowest BCUT2D eigenvalue weighted by molar-refractivity contribution is 0.0239. The number of carbonyl (C=O) groups is 1. The highest BCUT2D eigenvalue weighted by Crippen LogP contribution is 2.42. The first kappa shape index (κ1) is 19.2. The molecule has 2 aromatic rings. The maximum absolute atomic E-state index is 13.5. The van der Waals surface area contributed by atoms with E-state index in [0.717, 1.165) is 50.7 Å². The summed E-state index contributed by atoms with van der Waals surface area (Å²) < 4.78 is 30.8. The minimum atomic E-state index is -0.353. The van der Waals surface area contributed by atoms with Crippen LogP contribution in [-0.2, 0) is 11.3 Å². The summed E-state index contributed by atoms with van der Waals surface area (Å²) in [5.41, 5.74) is 2.00. The Bertz CT molecular complexity index is 1000.